The Hall–Kier alpha value is -2.02. The molecule has 1 aromatic carbocycles. The summed E-state index contributed by atoms with van der Waals surface area (Å²) in [6.07, 6.45) is 0. The summed E-state index contributed by atoms with van der Waals surface area (Å²) >= 11 is 0. The summed E-state index contributed by atoms with van der Waals surface area (Å²) in [5.41, 5.74) is 0.278. The van der Waals surface area contributed by atoms with Gasteiger partial charge in [-0.2, -0.15) is 0 Å². The number of urea groups is 1. The molecule has 0 unspecified atom stereocenters. The highest BCUT2D eigenvalue weighted by Crippen LogP contribution is 2.11. The number of benzene rings is 1. The molecule has 5 nitrogen and oxygen atoms in total. The topological polar surface area (TPSA) is 61.4 Å². The van der Waals surface area contributed by atoms with Crippen LogP contribution in [0.4, 0.5) is 13.6 Å². The number of carbonyl (C=O) groups is 2. The Morgan fingerprint density at radius 2 is 2.00 bits per heavy atom. The lowest BCUT2D eigenvalue weighted by molar-refractivity contribution is -0.121. The SMILES string of the molecule is CCNC(=O)NC(=O)CN(C)Cc1ccc(F)cc1F. The molecule has 2 N–H and O–H groups in total. The van der Waals surface area contributed by atoms with Gasteiger partial charge in [0.25, 0.3) is 0 Å². The molecule has 0 bridgehead atoms. The highest BCUT2D eigenvalue weighted by molar-refractivity contribution is 5.95. The van der Waals surface area contributed by atoms with Crippen LogP contribution in [-0.4, -0.2) is 37.0 Å². The van der Waals surface area contributed by atoms with Crippen molar-refractivity contribution in [1.82, 2.24) is 15.5 Å². The fraction of sp³-hybridized carbons (Fsp3) is 0.385. The Balaban J connectivity index is 2.48. The first-order valence-corrected chi connectivity index (χ1v) is 6.12. The van der Waals surface area contributed by atoms with E-state index in [0.29, 0.717) is 6.54 Å². The summed E-state index contributed by atoms with van der Waals surface area (Å²) in [6, 6.07) is 2.70. The van der Waals surface area contributed by atoms with E-state index in [2.05, 4.69) is 10.6 Å². The van der Waals surface area contributed by atoms with E-state index < -0.39 is 23.6 Å². The molecular formula is C13H17F2N3O2. The van der Waals surface area contributed by atoms with Crippen molar-refractivity contribution in [3.63, 3.8) is 0 Å². The predicted octanol–water partition coefficient (Wildman–Crippen LogP) is 1.24. The molecule has 20 heavy (non-hydrogen) atoms. The van der Waals surface area contributed by atoms with Gasteiger partial charge in [0.15, 0.2) is 0 Å². The van der Waals surface area contributed by atoms with Crippen LogP contribution in [0.15, 0.2) is 18.2 Å². The standard InChI is InChI=1S/C13H17F2N3O2/c1-3-16-13(20)17-12(19)8-18(2)7-9-4-5-10(14)6-11(9)15/h4-6H,3,7-8H2,1-2H3,(H2,16,17,19,20). The molecule has 1 rings (SSSR count). The third-order valence-corrected chi connectivity index (χ3v) is 2.46. The van der Waals surface area contributed by atoms with E-state index in [1.807, 2.05) is 0 Å². The average molecular weight is 285 g/mol. The van der Waals surface area contributed by atoms with E-state index in [-0.39, 0.29) is 18.7 Å². The molecule has 0 aromatic heterocycles. The zero-order valence-corrected chi connectivity index (χ0v) is 11.4. The maximum atomic E-state index is 13.4. The van der Waals surface area contributed by atoms with E-state index in [1.165, 1.54) is 11.0 Å². The van der Waals surface area contributed by atoms with E-state index in [1.54, 1.807) is 14.0 Å². The van der Waals surface area contributed by atoms with E-state index in [0.717, 1.165) is 12.1 Å². The molecule has 1 aromatic rings. The van der Waals surface area contributed by atoms with Crippen molar-refractivity contribution in [3.05, 3.63) is 35.4 Å². The second kappa shape index (κ2) is 7.54. The largest absolute Gasteiger partial charge is 0.338 e. The number of imide groups is 1. The van der Waals surface area contributed by atoms with Crippen molar-refractivity contribution in [2.75, 3.05) is 20.1 Å². The molecule has 0 radical (unpaired) electrons. The highest BCUT2D eigenvalue weighted by Gasteiger charge is 2.12. The number of rotatable bonds is 5. The van der Waals surface area contributed by atoms with Crippen molar-refractivity contribution in [1.29, 1.82) is 0 Å². The van der Waals surface area contributed by atoms with Gasteiger partial charge in [-0.3, -0.25) is 15.0 Å². The number of hydrogen-bond acceptors (Lipinski definition) is 3. The van der Waals surface area contributed by atoms with Gasteiger partial charge in [0.1, 0.15) is 11.6 Å². The van der Waals surface area contributed by atoms with Crippen LogP contribution in [0.3, 0.4) is 0 Å². The van der Waals surface area contributed by atoms with Crippen LogP contribution >= 0.6 is 0 Å². The lowest BCUT2D eigenvalue weighted by Crippen LogP contribution is -2.43. The summed E-state index contributed by atoms with van der Waals surface area (Å²) in [5.74, 6) is -1.81. The number of hydrogen-bond donors (Lipinski definition) is 2. The normalized spacial score (nSPS) is 10.4. The number of likely N-dealkylation sites (N-methyl/N-ethyl adjacent to an activating group) is 1. The van der Waals surface area contributed by atoms with Gasteiger partial charge in [-0.1, -0.05) is 6.07 Å². The summed E-state index contributed by atoms with van der Waals surface area (Å²) in [4.78, 5) is 24.1. The summed E-state index contributed by atoms with van der Waals surface area (Å²) in [7, 11) is 1.60. The smallest absolute Gasteiger partial charge is 0.321 e. The fourth-order valence-electron chi connectivity index (χ4n) is 1.61. The van der Waals surface area contributed by atoms with Crippen molar-refractivity contribution < 1.29 is 18.4 Å². The van der Waals surface area contributed by atoms with Gasteiger partial charge in [0.05, 0.1) is 6.54 Å². The molecule has 7 heteroatoms. The number of carbonyl (C=O) groups excluding carboxylic acids is 2. The zero-order valence-electron chi connectivity index (χ0n) is 11.4. The highest BCUT2D eigenvalue weighted by atomic mass is 19.1. The minimum atomic E-state index is -0.666. The summed E-state index contributed by atoms with van der Waals surface area (Å²) < 4.78 is 26.2. The Labute approximate surface area is 115 Å². The molecule has 0 aliphatic carbocycles. The van der Waals surface area contributed by atoms with Gasteiger partial charge >= 0.3 is 6.03 Å². The van der Waals surface area contributed by atoms with Crippen LogP contribution < -0.4 is 10.6 Å². The van der Waals surface area contributed by atoms with Gasteiger partial charge in [-0.15, -0.1) is 0 Å². The molecule has 0 heterocycles. The number of nitrogens with one attached hydrogen (secondary N) is 2. The van der Waals surface area contributed by atoms with Crippen LogP contribution in [0, 0.1) is 11.6 Å². The Kier molecular flexibility index (Phi) is 6.05. The molecule has 3 amide bonds. The van der Waals surface area contributed by atoms with E-state index in [9.17, 15) is 18.4 Å². The van der Waals surface area contributed by atoms with Crippen molar-refractivity contribution in [2.45, 2.75) is 13.5 Å². The molecule has 0 spiro atoms. The number of nitrogens with zero attached hydrogens (tertiary/aromatic N) is 1. The first kappa shape index (κ1) is 16.0. The molecule has 0 atom stereocenters. The quantitative estimate of drug-likeness (QED) is 0.855. The molecule has 0 aliphatic rings. The van der Waals surface area contributed by atoms with Gasteiger partial charge in [0, 0.05) is 24.7 Å². The number of amides is 3. The molecule has 110 valence electrons. The van der Waals surface area contributed by atoms with Crippen molar-refractivity contribution >= 4 is 11.9 Å². The average Bonchev–Trinajstić information content (AvgIpc) is 2.32. The first-order chi connectivity index (χ1) is 9.42. The third-order valence-electron chi connectivity index (χ3n) is 2.46. The van der Waals surface area contributed by atoms with Crippen LogP contribution in [0.1, 0.15) is 12.5 Å². The lowest BCUT2D eigenvalue weighted by Gasteiger charge is -2.16. The maximum absolute atomic E-state index is 13.4. The minimum Gasteiger partial charge on any atom is -0.338 e. The second-order valence-electron chi connectivity index (χ2n) is 4.32. The molecule has 0 saturated heterocycles. The van der Waals surface area contributed by atoms with Crippen LogP contribution in [0.2, 0.25) is 0 Å². The lowest BCUT2D eigenvalue weighted by atomic mass is 10.2. The molecular weight excluding hydrogens is 268 g/mol. The minimum absolute atomic E-state index is 0.0754. The maximum Gasteiger partial charge on any atom is 0.321 e. The molecule has 0 aliphatic heterocycles. The molecule has 0 saturated carbocycles. The van der Waals surface area contributed by atoms with Gasteiger partial charge in [0.2, 0.25) is 5.91 Å². The fourth-order valence-corrected chi connectivity index (χ4v) is 1.61. The van der Waals surface area contributed by atoms with Crippen LogP contribution in [0.25, 0.3) is 0 Å². The summed E-state index contributed by atoms with van der Waals surface area (Å²) in [5, 5.41) is 4.56. The van der Waals surface area contributed by atoms with Crippen molar-refractivity contribution in [3.8, 4) is 0 Å². The van der Waals surface area contributed by atoms with Gasteiger partial charge in [-0.05, 0) is 20.0 Å². The van der Waals surface area contributed by atoms with Crippen LogP contribution in [0.5, 0.6) is 0 Å². The van der Waals surface area contributed by atoms with Crippen LogP contribution in [-0.2, 0) is 11.3 Å². The monoisotopic (exact) mass is 285 g/mol. The Morgan fingerprint density at radius 3 is 2.60 bits per heavy atom. The number of halogens is 2. The zero-order chi connectivity index (χ0) is 15.1. The predicted molar refractivity (Wildman–Crippen MR) is 69.9 cm³/mol. The van der Waals surface area contributed by atoms with Crippen molar-refractivity contribution in [2.24, 2.45) is 0 Å². The second-order valence-corrected chi connectivity index (χ2v) is 4.32. The Bertz CT molecular complexity index is 495. The third kappa shape index (κ3) is 5.31. The first-order valence-electron chi connectivity index (χ1n) is 6.12. The summed E-state index contributed by atoms with van der Waals surface area (Å²) in [6.45, 7) is 2.20. The van der Waals surface area contributed by atoms with Gasteiger partial charge < -0.3 is 5.32 Å². The Morgan fingerprint density at radius 1 is 1.30 bits per heavy atom. The van der Waals surface area contributed by atoms with E-state index >= 15 is 0 Å². The van der Waals surface area contributed by atoms with Gasteiger partial charge in [-0.25, -0.2) is 13.6 Å². The molecule has 0 fully saturated rings. The van der Waals surface area contributed by atoms with E-state index in [4.69, 9.17) is 0 Å².